The molecular formula is C19H22F2N4. The van der Waals surface area contributed by atoms with E-state index in [1.807, 2.05) is 6.20 Å². The van der Waals surface area contributed by atoms with Crippen LogP contribution in [-0.4, -0.2) is 41.0 Å². The molecule has 2 aromatic rings. The first-order valence-electron chi connectivity index (χ1n) is 8.81. The van der Waals surface area contributed by atoms with Crippen molar-refractivity contribution >= 4 is 5.82 Å². The Morgan fingerprint density at radius 1 is 1.04 bits per heavy atom. The van der Waals surface area contributed by atoms with Crippen LogP contribution in [0.5, 0.6) is 0 Å². The molecule has 2 saturated heterocycles. The fourth-order valence-electron chi connectivity index (χ4n) is 4.26. The van der Waals surface area contributed by atoms with Gasteiger partial charge in [-0.3, -0.25) is 9.88 Å². The molecule has 1 aromatic heterocycles. The number of piperidine rings is 1. The lowest BCUT2D eigenvalue weighted by Gasteiger charge is -2.40. The van der Waals surface area contributed by atoms with Crippen molar-refractivity contribution in [3.8, 4) is 0 Å². The summed E-state index contributed by atoms with van der Waals surface area (Å²) in [6, 6.07) is 4.22. The molecule has 2 aliphatic rings. The Bertz CT molecular complexity index is 739. The number of hydrogen-bond donors (Lipinski definition) is 0. The van der Waals surface area contributed by atoms with Crippen molar-refractivity contribution < 1.29 is 8.78 Å². The van der Waals surface area contributed by atoms with Gasteiger partial charge in [-0.1, -0.05) is 6.07 Å². The number of hydrogen-bond acceptors (Lipinski definition) is 4. The molecule has 0 amide bonds. The van der Waals surface area contributed by atoms with Gasteiger partial charge in [-0.15, -0.1) is 0 Å². The van der Waals surface area contributed by atoms with Gasteiger partial charge in [0.2, 0.25) is 0 Å². The van der Waals surface area contributed by atoms with E-state index in [2.05, 4.69) is 19.8 Å². The third-order valence-electron chi connectivity index (χ3n) is 5.44. The van der Waals surface area contributed by atoms with Crippen LogP contribution in [0.2, 0.25) is 0 Å². The Kier molecular flexibility index (Phi) is 4.37. The predicted octanol–water partition coefficient (Wildman–Crippen LogP) is 3.25. The molecule has 2 aliphatic heterocycles. The second-order valence-corrected chi connectivity index (χ2v) is 7.30. The van der Waals surface area contributed by atoms with Gasteiger partial charge in [0.1, 0.15) is 5.82 Å². The number of anilines is 1. The molecule has 0 N–H and O–H groups in total. The summed E-state index contributed by atoms with van der Waals surface area (Å²) >= 11 is 0. The average Bonchev–Trinajstić information content (AvgIpc) is 3.02. The van der Waals surface area contributed by atoms with Crippen molar-refractivity contribution in [3.63, 3.8) is 0 Å². The quantitative estimate of drug-likeness (QED) is 0.856. The minimum absolute atomic E-state index is 0.258. The number of nitrogens with zero attached hydrogens (tertiary/aromatic N) is 4. The van der Waals surface area contributed by atoms with Crippen molar-refractivity contribution in [2.45, 2.75) is 25.8 Å². The first kappa shape index (κ1) is 16.4. The molecule has 132 valence electrons. The maximum Gasteiger partial charge on any atom is 0.159 e. The Morgan fingerprint density at radius 2 is 1.96 bits per heavy atom. The molecule has 1 spiro atoms. The van der Waals surface area contributed by atoms with E-state index in [0.717, 1.165) is 50.4 Å². The van der Waals surface area contributed by atoms with E-state index in [4.69, 9.17) is 0 Å². The summed E-state index contributed by atoms with van der Waals surface area (Å²) in [6.45, 7) is 4.65. The molecule has 0 aliphatic carbocycles. The van der Waals surface area contributed by atoms with E-state index < -0.39 is 11.6 Å². The van der Waals surface area contributed by atoms with Crippen molar-refractivity contribution in [1.82, 2.24) is 14.9 Å². The first-order chi connectivity index (χ1) is 12.1. The molecule has 6 heteroatoms. The van der Waals surface area contributed by atoms with Crippen LogP contribution >= 0.6 is 0 Å². The van der Waals surface area contributed by atoms with Crippen LogP contribution in [0.3, 0.4) is 0 Å². The lowest BCUT2D eigenvalue weighted by molar-refractivity contribution is 0.0990. The van der Waals surface area contributed by atoms with Crippen LogP contribution in [0.15, 0.2) is 36.8 Å². The second-order valence-electron chi connectivity index (χ2n) is 7.30. The minimum Gasteiger partial charge on any atom is -0.355 e. The zero-order valence-electron chi connectivity index (χ0n) is 14.2. The molecule has 0 radical (unpaired) electrons. The molecule has 0 bridgehead atoms. The normalized spacial score (nSPS) is 24.2. The van der Waals surface area contributed by atoms with E-state index in [-0.39, 0.29) is 5.41 Å². The Labute approximate surface area is 146 Å². The highest BCUT2D eigenvalue weighted by atomic mass is 19.2. The highest BCUT2D eigenvalue weighted by Crippen LogP contribution is 2.40. The van der Waals surface area contributed by atoms with Gasteiger partial charge in [0.05, 0.1) is 6.20 Å². The second kappa shape index (κ2) is 6.67. The Hall–Kier alpha value is -2.08. The number of benzene rings is 1. The highest BCUT2D eigenvalue weighted by Gasteiger charge is 2.41. The number of aromatic nitrogens is 2. The molecule has 25 heavy (non-hydrogen) atoms. The molecule has 4 nitrogen and oxygen atoms in total. The topological polar surface area (TPSA) is 32.3 Å². The Balaban J connectivity index is 1.43. The summed E-state index contributed by atoms with van der Waals surface area (Å²) < 4.78 is 26.6. The van der Waals surface area contributed by atoms with Crippen molar-refractivity contribution in [2.75, 3.05) is 31.1 Å². The molecule has 3 heterocycles. The van der Waals surface area contributed by atoms with Gasteiger partial charge >= 0.3 is 0 Å². The molecule has 1 aromatic carbocycles. The molecular weight excluding hydrogens is 322 g/mol. The fourth-order valence-corrected chi connectivity index (χ4v) is 4.26. The Morgan fingerprint density at radius 3 is 2.76 bits per heavy atom. The summed E-state index contributed by atoms with van der Waals surface area (Å²) in [5, 5.41) is 0. The van der Waals surface area contributed by atoms with Crippen LogP contribution in [0.4, 0.5) is 14.6 Å². The SMILES string of the molecule is Fc1ccc(CN2CCCC3(CCN(c4cnccn4)C3)C2)cc1F. The number of rotatable bonds is 3. The van der Waals surface area contributed by atoms with Gasteiger partial charge < -0.3 is 4.90 Å². The van der Waals surface area contributed by atoms with Gasteiger partial charge in [-0.25, -0.2) is 13.8 Å². The van der Waals surface area contributed by atoms with E-state index in [9.17, 15) is 8.78 Å². The smallest absolute Gasteiger partial charge is 0.159 e. The summed E-state index contributed by atoms with van der Waals surface area (Å²) in [5.74, 6) is -0.606. The summed E-state index contributed by atoms with van der Waals surface area (Å²) in [5.41, 5.74) is 1.09. The molecule has 0 saturated carbocycles. The van der Waals surface area contributed by atoms with E-state index in [1.165, 1.54) is 18.6 Å². The maximum atomic E-state index is 13.5. The molecule has 1 unspecified atom stereocenters. The fraction of sp³-hybridized carbons (Fsp3) is 0.474. The van der Waals surface area contributed by atoms with Crippen LogP contribution in [0, 0.1) is 17.0 Å². The number of likely N-dealkylation sites (tertiary alicyclic amines) is 1. The lowest BCUT2D eigenvalue weighted by Crippen LogP contribution is -2.44. The van der Waals surface area contributed by atoms with Crippen molar-refractivity contribution in [2.24, 2.45) is 5.41 Å². The largest absolute Gasteiger partial charge is 0.355 e. The third kappa shape index (κ3) is 3.49. The van der Waals surface area contributed by atoms with Gasteiger partial charge in [0.25, 0.3) is 0 Å². The monoisotopic (exact) mass is 344 g/mol. The lowest BCUT2D eigenvalue weighted by atomic mass is 9.79. The predicted molar refractivity (Wildman–Crippen MR) is 92.2 cm³/mol. The van der Waals surface area contributed by atoms with Crippen LogP contribution in [0.1, 0.15) is 24.8 Å². The van der Waals surface area contributed by atoms with Gasteiger partial charge in [-0.2, -0.15) is 0 Å². The van der Waals surface area contributed by atoms with E-state index in [0.29, 0.717) is 6.54 Å². The molecule has 2 fully saturated rings. The van der Waals surface area contributed by atoms with E-state index in [1.54, 1.807) is 18.5 Å². The average molecular weight is 344 g/mol. The molecule has 4 rings (SSSR count). The zero-order chi connectivity index (χ0) is 17.3. The maximum absolute atomic E-state index is 13.5. The van der Waals surface area contributed by atoms with Crippen molar-refractivity contribution in [1.29, 1.82) is 0 Å². The summed E-state index contributed by atoms with van der Waals surface area (Å²) in [4.78, 5) is 13.3. The van der Waals surface area contributed by atoms with E-state index >= 15 is 0 Å². The molecule has 1 atom stereocenters. The summed E-state index contributed by atoms with van der Waals surface area (Å²) in [6.07, 6.45) is 8.73. The highest BCUT2D eigenvalue weighted by molar-refractivity contribution is 5.37. The zero-order valence-corrected chi connectivity index (χ0v) is 14.2. The van der Waals surface area contributed by atoms with Gasteiger partial charge in [-0.05, 0) is 43.5 Å². The minimum atomic E-state index is -0.783. The van der Waals surface area contributed by atoms with Crippen molar-refractivity contribution in [3.05, 3.63) is 54.0 Å². The van der Waals surface area contributed by atoms with Crippen LogP contribution in [-0.2, 0) is 6.54 Å². The van der Waals surface area contributed by atoms with Gasteiger partial charge in [0, 0.05) is 44.0 Å². The summed E-state index contributed by atoms with van der Waals surface area (Å²) in [7, 11) is 0. The van der Waals surface area contributed by atoms with Gasteiger partial charge in [0.15, 0.2) is 11.6 Å². The standard InChI is InChI=1S/C19H22F2N4/c20-16-3-2-15(10-17(16)21)12-24-8-1-4-19(13-24)5-9-25(14-19)18-11-22-6-7-23-18/h2-3,6-7,10-11H,1,4-5,8-9,12-14H2. The van der Waals surface area contributed by atoms with Crippen LogP contribution in [0.25, 0.3) is 0 Å². The first-order valence-corrected chi connectivity index (χ1v) is 8.81. The number of halogens is 2. The third-order valence-corrected chi connectivity index (χ3v) is 5.44. The van der Waals surface area contributed by atoms with Crippen LogP contribution < -0.4 is 4.90 Å².